The molecule has 0 radical (unpaired) electrons. The maximum atomic E-state index is 12.0. The molecule has 0 saturated carbocycles. The summed E-state index contributed by atoms with van der Waals surface area (Å²) in [6.07, 6.45) is 2.70. The van der Waals surface area contributed by atoms with Crippen LogP contribution in [0.25, 0.3) is 0 Å². The highest BCUT2D eigenvalue weighted by Crippen LogP contribution is 2.30. The van der Waals surface area contributed by atoms with Crippen LogP contribution in [-0.2, 0) is 16.0 Å². The average Bonchev–Trinajstić information content (AvgIpc) is 2.61. The summed E-state index contributed by atoms with van der Waals surface area (Å²) in [5, 5.41) is 10.3. The number of phenolic OH excluding ortho intramolecular Hbond substituents is 1. The Morgan fingerprint density at radius 1 is 1.12 bits per heavy atom. The van der Waals surface area contributed by atoms with E-state index in [1.54, 1.807) is 19.1 Å². The Kier molecular flexibility index (Phi) is 7.15. The third-order valence-corrected chi connectivity index (χ3v) is 3.82. The molecule has 0 bridgehead atoms. The van der Waals surface area contributed by atoms with Gasteiger partial charge in [0.1, 0.15) is 5.75 Å². The summed E-state index contributed by atoms with van der Waals surface area (Å²) >= 11 is 0. The standard InChI is InChI=1S/C22H25NO3/c1-4-26-22(25)15-20(17-9-6-5-7-10-17)23-19-11-8-12-21(24)18(19)14-13-16(2)3/h5-13,24H,4,14-15H2,1-3H3. The molecule has 0 aliphatic heterocycles. The van der Waals surface area contributed by atoms with E-state index in [4.69, 9.17) is 9.73 Å². The van der Waals surface area contributed by atoms with Crippen LogP contribution < -0.4 is 0 Å². The van der Waals surface area contributed by atoms with Gasteiger partial charge in [0.05, 0.1) is 24.4 Å². The smallest absolute Gasteiger partial charge is 0.311 e. The summed E-state index contributed by atoms with van der Waals surface area (Å²) in [5.74, 6) is -0.117. The van der Waals surface area contributed by atoms with Gasteiger partial charge < -0.3 is 9.84 Å². The summed E-state index contributed by atoms with van der Waals surface area (Å²) < 4.78 is 5.09. The van der Waals surface area contributed by atoms with Gasteiger partial charge in [-0.1, -0.05) is 48.0 Å². The van der Waals surface area contributed by atoms with E-state index in [9.17, 15) is 9.90 Å². The maximum absolute atomic E-state index is 12.0. The predicted molar refractivity (Wildman–Crippen MR) is 105 cm³/mol. The molecule has 2 rings (SSSR count). The first-order valence-corrected chi connectivity index (χ1v) is 8.74. The van der Waals surface area contributed by atoms with Gasteiger partial charge in [0.15, 0.2) is 0 Å². The highest BCUT2D eigenvalue weighted by atomic mass is 16.5. The highest BCUT2D eigenvalue weighted by molar-refractivity contribution is 6.10. The molecular weight excluding hydrogens is 326 g/mol. The molecule has 2 aromatic rings. The largest absolute Gasteiger partial charge is 0.508 e. The Bertz CT molecular complexity index is 803. The molecule has 0 aromatic heterocycles. The minimum absolute atomic E-state index is 0.0790. The Hall–Kier alpha value is -2.88. The summed E-state index contributed by atoms with van der Waals surface area (Å²) in [6.45, 7) is 6.14. The molecule has 0 aliphatic carbocycles. The number of carbonyl (C=O) groups excluding carboxylic acids is 1. The van der Waals surface area contributed by atoms with Crippen molar-refractivity contribution >= 4 is 17.4 Å². The first-order valence-electron chi connectivity index (χ1n) is 8.74. The van der Waals surface area contributed by atoms with Crippen LogP contribution in [0.4, 0.5) is 5.69 Å². The van der Waals surface area contributed by atoms with Gasteiger partial charge in [-0.3, -0.25) is 9.79 Å². The quantitative estimate of drug-likeness (QED) is 0.435. The molecule has 0 amide bonds. The van der Waals surface area contributed by atoms with Crippen LogP contribution in [0, 0.1) is 0 Å². The van der Waals surface area contributed by atoms with Crippen LogP contribution in [0.3, 0.4) is 0 Å². The molecule has 26 heavy (non-hydrogen) atoms. The van der Waals surface area contributed by atoms with Gasteiger partial charge in [-0.15, -0.1) is 0 Å². The van der Waals surface area contributed by atoms with Crippen LogP contribution >= 0.6 is 0 Å². The van der Waals surface area contributed by atoms with Crippen molar-refractivity contribution in [2.24, 2.45) is 4.99 Å². The normalized spacial score (nSPS) is 11.1. The molecule has 0 fully saturated rings. The molecule has 0 heterocycles. The Balaban J connectivity index is 2.47. The number of hydrogen-bond donors (Lipinski definition) is 1. The monoisotopic (exact) mass is 351 g/mol. The second-order valence-electron chi connectivity index (χ2n) is 6.17. The topological polar surface area (TPSA) is 58.9 Å². The summed E-state index contributed by atoms with van der Waals surface area (Å²) in [7, 11) is 0. The predicted octanol–water partition coefficient (Wildman–Crippen LogP) is 4.97. The number of carbonyl (C=O) groups is 1. The molecule has 0 aliphatic rings. The number of esters is 1. The van der Waals surface area contributed by atoms with Gasteiger partial charge >= 0.3 is 5.97 Å². The maximum Gasteiger partial charge on any atom is 0.311 e. The summed E-state index contributed by atoms with van der Waals surface area (Å²) in [5.41, 5.74) is 4.04. The van der Waals surface area contributed by atoms with Crippen LogP contribution in [0.5, 0.6) is 5.75 Å². The average molecular weight is 351 g/mol. The van der Waals surface area contributed by atoms with Gasteiger partial charge in [-0.2, -0.15) is 0 Å². The van der Waals surface area contributed by atoms with E-state index in [-0.39, 0.29) is 18.1 Å². The minimum atomic E-state index is -0.318. The number of aliphatic imine (C=N–C) groups is 1. The second kappa shape index (κ2) is 9.56. The fraction of sp³-hybridized carbons (Fsp3) is 0.273. The fourth-order valence-corrected chi connectivity index (χ4v) is 2.51. The van der Waals surface area contributed by atoms with Crippen LogP contribution in [0.15, 0.2) is 65.2 Å². The number of aromatic hydroxyl groups is 1. The fourth-order valence-electron chi connectivity index (χ4n) is 2.51. The molecule has 0 saturated heterocycles. The van der Waals surface area contributed by atoms with Crippen molar-refractivity contribution in [1.82, 2.24) is 0 Å². The van der Waals surface area contributed by atoms with Crippen LogP contribution in [0.2, 0.25) is 0 Å². The molecule has 0 atom stereocenters. The SMILES string of the molecule is CCOC(=O)CC(=Nc1cccc(O)c1CC=C(C)C)c1ccccc1. The van der Waals surface area contributed by atoms with Crippen molar-refractivity contribution in [3.8, 4) is 5.75 Å². The molecule has 4 heteroatoms. The van der Waals surface area contributed by atoms with E-state index in [0.29, 0.717) is 24.4 Å². The number of ether oxygens (including phenoxy) is 1. The third-order valence-electron chi connectivity index (χ3n) is 3.82. The molecular formula is C22H25NO3. The number of benzene rings is 2. The lowest BCUT2D eigenvalue weighted by atomic mass is 10.0. The van der Waals surface area contributed by atoms with Crippen molar-refractivity contribution in [2.45, 2.75) is 33.6 Å². The van der Waals surface area contributed by atoms with E-state index in [0.717, 1.165) is 16.7 Å². The molecule has 1 N–H and O–H groups in total. The Labute approximate surface area is 154 Å². The van der Waals surface area contributed by atoms with Gasteiger partial charge in [0, 0.05) is 5.56 Å². The molecule has 2 aromatic carbocycles. The zero-order chi connectivity index (χ0) is 18.9. The van der Waals surface area contributed by atoms with Gasteiger partial charge in [-0.25, -0.2) is 0 Å². The van der Waals surface area contributed by atoms with Crippen molar-refractivity contribution in [3.05, 3.63) is 71.3 Å². The van der Waals surface area contributed by atoms with Crippen molar-refractivity contribution in [1.29, 1.82) is 0 Å². The van der Waals surface area contributed by atoms with E-state index in [1.807, 2.05) is 56.3 Å². The Morgan fingerprint density at radius 2 is 1.85 bits per heavy atom. The molecule has 0 spiro atoms. The van der Waals surface area contributed by atoms with E-state index in [2.05, 4.69) is 0 Å². The third kappa shape index (κ3) is 5.59. The number of nitrogens with zero attached hydrogens (tertiary/aromatic N) is 1. The lowest BCUT2D eigenvalue weighted by Gasteiger charge is -2.10. The first kappa shape index (κ1) is 19.4. The zero-order valence-corrected chi connectivity index (χ0v) is 15.5. The van der Waals surface area contributed by atoms with E-state index >= 15 is 0 Å². The summed E-state index contributed by atoms with van der Waals surface area (Å²) in [4.78, 5) is 16.7. The molecule has 0 unspecified atom stereocenters. The number of phenols is 1. The number of hydrogen-bond acceptors (Lipinski definition) is 4. The van der Waals surface area contributed by atoms with E-state index < -0.39 is 0 Å². The minimum Gasteiger partial charge on any atom is -0.508 e. The molecule has 4 nitrogen and oxygen atoms in total. The van der Waals surface area contributed by atoms with Gasteiger partial charge in [0.2, 0.25) is 0 Å². The highest BCUT2D eigenvalue weighted by Gasteiger charge is 2.13. The second-order valence-corrected chi connectivity index (χ2v) is 6.17. The number of allylic oxidation sites excluding steroid dienone is 2. The van der Waals surface area contributed by atoms with Crippen LogP contribution in [0.1, 0.15) is 38.3 Å². The van der Waals surface area contributed by atoms with Crippen molar-refractivity contribution in [3.63, 3.8) is 0 Å². The van der Waals surface area contributed by atoms with Gasteiger partial charge in [-0.05, 0) is 44.9 Å². The van der Waals surface area contributed by atoms with Crippen molar-refractivity contribution < 1.29 is 14.6 Å². The zero-order valence-electron chi connectivity index (χ0n) is 15.5. The lowest BCUT2D eigenvalue weighted by Crippen LogP contribution is -2.12. The first-order chi connectivity index (χ1) is 12.5. The number of rotatable bonds is 7. The Morgan fingerprint density at radius 3 is 2.50 bits per heavy atom. The molecule has 136 valence electrons. The van der Waals surface area contributed by atoms with Crippen molar-refractivity contribution in [2.75, 3.05) is 6.61 Å². The van der Waals surface area contributed by atoms with Crippen LogP contribution in [-0.4, -0.2) is 23.4 Å². The lowest BCUT2D eigenvalue weighted by molar-refractivity contribution is -0.141. The summed E-state index contributed by atoms with van der Waals surface area (Å²) in [6, 6.07) is 14.8. The van der Waals surface area contributed by atoms with Gasteiger partial charge in [0.25, 0.3) is 0 Å². The van der Waals surface area contributed by atoms with E-state index in [1.165, 1.54) is 0 Å².